The molecule has 188 valence electrons. The van der Waals surface area contributed by atoms with Gasteiger partial charge >= 0.3 is 0 Å². The second kappa shape index (κ2) is 10.6. The number of nitrogen functional groups attached to an aromatic ring is 1. The average Bonchev–Trinajstić information content (AvgIpc) is 3.43. The van der Waals surface area contributed by atoms with Gasteiger partial charge in [0.25, 0.3) is 10.1 Å². The first-order valence-electron chi connectivity index (χ1n) is 11.2. The Kier molecular flexibility index (Phi) is 7.51. The summed E-state index contributed by atoms with van der Waals surface area (Å²) in [6.45, 7) is 4.36. The molecule has 0 saturated carbocycles. The molecule has 0 atom stereocenters. The Bertz CT molecular complexity index is 1350. The quantitative estimate of drug-likeness (QED) is 0.283. The van der Waals surface area contributed by atoms with Crippen LogP contribution in [-0.4, -0.2) is 86.4 Å². The Hall–Kier alpha value is -3.25. The number of hydrogen-bond donors (Lipinski definition) is 3. The van der Waals surface area contributed by atoms with Gasteiger partial charge < -0.3 is 25.0 Å². The molecule has 4 N–H and O–H groups in total. The van der Waals surface area contributed by atoms with E-state index in [9.17, 15) is 8.42 Å². The molecule has 1 aliphatic heterocycles. The van der Waals surface area contributed by atoms with Gasteiger partial charge in [0, 0.05) is 13.1 Å². The third-order valence-corrected chi connectivity index (χ3v) is 6.61. The largest absolute Gasteiger partial charge is 0.489 e. The van der Waals surface area contributed by atoms with E-state index >= 15 is 0 Å². The molecule has 1 saturated heterocycles. The maximum atomic E-state index is 11.0. The van der Waals surface area contributed by atoms with Gasteiger partial charge in [-0.25, -0.2) is 14.6 Å². The van der Waals surface area contributed by atoms with E-state index in [1.54, 1.807) is 6.20 Å². The zero-order valence-electron chi connectivity index (χ0n) is 19.2. The lowest BCUT2D eigenvalue weighted by molar-refractivity contribution is 0.146. The maximum absolute atomic E-state index is 11.0. The van der Waals surface area contributed by atoms with Gasteiger partial charge in [-0.2, -0.15) is 8.42 Å². The molecule has 1 aliphatic rings. The molecule has 1 fully saturated rings. The summed E-state index contributed by atoms with van der Waals surface area (Å²) in [6, 6.07) is 0. The van der Waals surface area contributed by atoms with Crippen molar-refractivity contribution in [3.63, 3.8) is 0 Å². The van der Waals surface area contributed by atoms with Crippen LogP contribution >= 0.6 is 0 Å². The zero-order valence-corrected chi connectivity index (χ0v) is 20.0. The SMILES string of the molecule is CCn1c(-c2nonc2N)nc2c(C#CCO)ncc(OCC3CCN(CCS(=O)(=O)O)CC3)c21. The van der Waals surface area contributed by atoms with E-state index in [2.05, 4.69) is 32.1 Å². The Morgan fingerprint density at radius 2 is 2.09 bits per heavy atom. The van der Waals surface area contributed by atoms with Crippen molar-refractivity contribution in [2.45, 2.75) is 26.3 Å². The lowest BCUT2D eigenvalue weighted by atomic mass is 9.98. The maximum Gasteiger partial charge on any atom is 0.266 e. The molecule has 0 aromatic carbocycles. The van der Waals surface area contributed by atoms with E-state index in [4.69, 9.17) is 24.8 Å². The first-order chi connectivity index (χ1) is 16.8. The first kappa shape index (κ1) is 24.9. The number of aromatic nitrogens is 5. The molecule has 0 unspecified atom stereocenters. The molecule has 0 amide bonds. The standard InChI is InChI=1S/C21H27N7O6S/c1-2-28-19-16(33-13-14-5-7-27(8-6-14)9-11-35(30,31)32)12-23-15(4-3-10-29)17(19)24-21(28)18-20(22)26-34-25-18/h12,14,29H,2,5-11,13H2,1H3,(H2,22,26)(H,30,31,32). The van der Waals surface area contributed by atoms with Gasteiger partial charge in [-0.3, -0.25) is 4.55 Å². The first-order valence-corrected chi connectivity index (χ1v) is 12.8. The van der Waals surface area contributed by atoms with E-state index < -0.39 is 10.1 Å². The molecule has 4 heterocycles. The molecule has 14 heteroatoms. The van der Waals surface area contributed by atoms with E-state index in [0.29, 0.717) is 53.7 Å². The third kappa shape index (κ3) is 5.70. The van der Waals surface area contributed by atoms with Crippen molar-refractivity contribution in [3.8, 4) is 29.1 Å². The summed E-state index contributed by atoms with van der Waals surface area (Å²) in [6.07, 6.45) is 3.26. The molecule has 3 aromatic heterocycles. The molecule has 0 spiro atoms. The smallest absolute Gasteiger partial charge is 0.266 e. The molecule has 13 nitrogen and oxygen atoms in total. The summed E-state index contributed by atoms with van der Waals surface area (Å²) in [5.74, 6) is 6.50. The highest BCUT2D eigenvalue weighted by Crippen LogP contribution is 2.33. The number of likely N-dealkylation sites (tertiary alicyclic amines) is 1. The summed E-state index contributed by atoms with van der Waals surface area (Å²) >= 11 is 0. The number of aliphatic hydroxyl groups is 1. The number of aliphatic hydroxyl groups excluding tert-OH is 1. The van der Waals surface area contributed by atoms with Crippen molar-refractivity contribution in [1.82, 2.24) is 29.7 Å². The number of fused-ring (bicyclic) bond motifs is 1. The topological polar surface area (TPSA) is 183 Å². The summed E-state index contributed by atoms with van der Waals surface area (Å²) in [5.41, 5.74) is 7.75. The second-order valence-electron chi connectivity index (χ2n) is 8.19. The number of imidazole rings is 1. The number of anilines is 1. The van der Waals surface area contributed by atoms with Crippen LogP contribution in [0.2, 0.25) is 0 Å². The summed E-state index contributed by atoms with van der Waals surface area (Å²) in [7, 11) is -3.96. The predicted molar refractivity (Wildman–Crippen MR) is 126 cm³/mol. The number of hydrogen-bond acceptors (Lipinski definition) is 11. The van der Waals surface area contributed by atoms with Gasteiger partial charge in [-0.15, -0.1) is 0 Å². The van der Waals surface area contributed by atoms with Gasteiger partial charge in [-0.05, 0) is 55.0 Å². The summed E-state index contributed by atoms with van der Waals surface area (Å²) < 4.78 is 43.8. The van der Waals surface area contributed by atoms with Crippen molar-refractivity contribution in [3.05, 3.63) is 11.9 Å². The van der Waals surface area contributed by atoms with Crippen molar-refractivity contribution in [2.24, 2.45) is 5.92 Å². The highest BCUT2D eigenvalue weighted by molar-refractivity contribution is 7.85. The second-order valence-corrected chi connectivity index (χ2v) is 9.76. The summed E-state index contributed by atoms with van der Waals surface area (Å²) in [4.78, 5) is 11.1. The normalized spacial score (nSPS) is 15.3. The molecule has 35 heavy (non-hydrogen) atoms. The Morgan fingerprint density at radius 3 is 2.71 bits per heavy atom. The fourth-order valence-electron chi connectivity index (χ4n) is 4.10. The number of nitrogens with zero attached hydrogens (tertiary/aromatic N) is 6. The minimum atomic E-state index is -3.96. The van der Waals surface area contributed by atoms with Crippen LogP contribution in [-0.2, 0) is 16.7 Å². The van der Waals surface area contributed by atoms with Crippen LogP contribution in [0.25, 0.3) is 22.6 Å². The molecule has 4 rings (SSSR count). The molecule has 0 bridgehead atoms. The van der Waals surface area contributed by atoms with Gasteiger partial charge in [0.2, 0.25) is 0 Å². The number of rotatable bonds is 8. The Morgan fingerprint density at radius 1 is 1.31 bits per heavy atom. The monoisotopic (exact) mass is 505 g/mol. The van der Waals surface area contributed by atoms with Crippen molar-refractivity contribution >= 4 is 27.0 Å². The highest BCUT2D eigenvalue weighted by atomic mass is 32.2. The Labute approximate surface area is 202 Å². The lowest BCUT2D eigenvalue weighted by Gasteiger charge is -2.31. The van der Waals surface area contributed by atoms with Crippen LogP contribution in [0.4, 0.5) is 5.82 Å². The average molecular weight is 506 g/mol. The van der Waals surface area contributed by atoms with Crippen LogP contribution < -0.4 is 10.5 Å². The minimum Gasteiger partial charge on any atom is -0.489 e. The molecule has 0 aliphatic carbocycles. The van der Waals surface area contributed by atoms with Crippen molar-refractivity contribution in [2.75, 3.05) is 44.3 Å². The highest BCUT2D eigenvalue weighted by Gasteiger charge is 2.25. The van der Waals surface area contributed by atoms with E-state index in [0.717, 1.165) is 25.9 Å². The van der Waals surface area contributed by atoms with Gasteiger partial charge in [-0.1, -0.05) is 5.92 Å². The fourth-order valence-corrected chi connectivity index (χ4v) is 4.59. The molecule has 0 radical (unpaired) electrons. The lowest BCUT2D eigenvalue weighted by Crippen LogP contribution is -2.38. The number of aryl methyl sites for hydroxylation is 1. The number of nitrogens with two attached hydrogens (primary N) is 1. The molecule has 3 aromatic rings. The zero-order chi connectivity index (χ0) is 25.0. The molecular weight excluding hydrogens is 478 g/mol. The van der Waals surface area contributed by atoms with E-state index in [1.165, 1.54) is 0 Å². The van der Waals surface area contributed by atoms with Crippen LogP contribution in [0.3, 0.4) is 0 Å². The summed E-state index contributed by atoms with van der Waals surface area (Å²) in [5, 5.41) is 16.6. The van der Waals surface area contributed by atoms with Crippen LogP contribution in [0, 0.1) is 17.8 Å². The minimum absolute atomic E-state index is 0.106. The number of piperidine rings is 1. The van der Waals surface area contributed by atoms with E-state index in [-0.39, 0.29) is 24.1 Å². The third-order valence-electron chi connectivity index (χ3n) is 5.91. The van der Waals surface area contributed by atoms with Crippen molar-refractivity contribution in [1.29, 1.82) is 0 Å². The number of pyridine rings is 1. The predicted octanol–water partition coefficient (Wildman–Crippen LogP) is 0.406. The van der Waals surface area contributed by atoms with Crippen LogP contribution in [0.1, 0.15) is 25.5 Å². The van der Waals surface area contributed by atoms with Gasteiger partial charge in [0.1, 0.15) is 23.3 Å². The Balaban J connectivity index is 1.57. The van der Waals surface area contributed by atoms with E-state index in [1.807, 2.05) is 16.4 Å². The van der Waals surface area contributed by atoms with Gasteiger partial charge in [0.15, 0.2) is 23.1 Å². The van der Waals surface area contributed by atoms with Crippen LogP contribution in [0.15, 0.2) is 10.8 Å². The van der Waals surface area contributed by atoms with Crippen LogP contribution in [0.5, 0.6) is 5.75 Å². The fraction of sp³-hybridized carbons (Fsp3) is 0.524. The van der Waals surface area contributed by atoms with Gasteiger partial charge in [0.05, 0.1) is 18.6 Å². The molecular formula is C21H27N7O6S. The number of ether oxygens (including phenoxy) is 1. The van der Waals surface area contributed by atoms with Crippen molar-refractivity contribution < 1.29 is 27.4 Å².